The zero-order valence-corrected chi connectivity index (χ0v) is 12.2. The van der Waals surface area contributed by atoms with Crippen molar-refractivity contribution < 1.29 is 9.53 Å². The van der Waals surface area contributed by atoms with E-state index in [0.29, 0.717) is 23.6 Å². The van der Waals surface area contributed by atoms with Crippen LogP contribution in [-0.4, -0.2) is 35.4 Å². The highest BCUT2D eigenvalue weighted by Crippen LogP contribution is 2.22. The van der Waals surface area contributed by atoms with E-state index in [2.05, 4.69) is 4.98 Å². The van der Waals surface area contributed by atoms with E-state index in [1.165, 1.54) is 0 Å². The molecule has 5 nitrogen and oxygen atoms in total. The summed E-state index contributed by atoms with van der Waals surface area (Å²) in [6.07, 6.45) is 3.31. The minimum atomic E-state index is -0.0758. The van der Waals surface area contributed by atoms with Crippen molar-refractivity contribution in [3.8, 4) is 11.5 Å². The first kappa shape index (κ1) is 15.0. The van der Waals surface area contributed by atoms with Gasteiger partial charge >= 0.3 is 0 Å². The predicted octanol–water partition coefficient (Wildman–Crippen LogP) is 2.29. The van der Waals surface area contributed by atoms with Gasteiger partial charge in [-0.05, 0) is 37.3 Å². The molecule has 1 unspecified atom stereocenters. The van der Waals surface area contributed by atoms with Gasteiger partial charge < -0.3 is 15.4 Å². The Labute approximate surface area is 124 Å². The van der Waals surface area contributed by atoms with Crippen molar-refractivity contribution in [1.82, 2.24) is 9.88 Å². The van der Waals surface area contributed by atoms with Crippen LogP contribution in [0, 0.1) is 0 Å². The summed E-state index contributed by atoms with van der Waals surface area (Å²) in [4.78, 5) is 17.9. The molecular weight excluding hydrogens is 266 g/mol. The molecule has 1 aromatic carbocycles. The highest BCUT2D eigenvalue weighted by molar-refractivity contribution is 5.94. The first-order valence-electron chi connectivity index (χ1n) is 6.77. The molecule has 0 aliphatic rings. The number of likely N-dealkylation sites (N-methyl/N-ethyl adjacent to an activating group) is 1. The second-order valence-electron chi connectivity index (χ2n) is 4.81. The van der Waals surface area contributed by atoms with E-state index < -0.39 is 0 Å². The Morgan fingerprint density at radius 2 is 2.00 bits per heavy atom. The van der Waals surface area contributed by atoms with Crippen molar-refractivity contribution in [3.63, 3.8) is 0 Å². The molecule has 0 radical (unpaired) electrons. The number of amides is 1. The summed E-state index contributed by atoms with van der Waals surface area (Å²) < 4.78 is 5.70. The van der Waals surface area contributed by atoms with Crippen LogP contribution in [0.3, 0.4) is 0 Å². The number of hydrogen-bond donors (Lipinski definition) is 1. The van der Waals surface area contributed by atoms with Crippen molar-refractivity contribution in [1.29, 1.82) is 0 Å². The van der Waals surface area contributed by atoms with E-state index in [1.807, 2.05) is 13.0 Å². The molecule has 2 aromatic rings. The SMILES string of the molecule is CC(CN)N(C)C(=O)c1cccc(Oc2ccncc2)c1. The third-order valence-electron chi connectivity index (χ3n) is 3.29. The average Bonchev–Trinajstić information content (AvgIpc) is 2.54. The minimum absolute atomic E-state index is 0.0118. The fourth-order valence-electron chi connectivity index (χ4n) is 1.80. The molecule has 0 saturated heterocycles. The summed E-state index contributed by atoms with van der Waals surface area (Å²) in [6.45, 7) is 2.34. The number of pyridine rings is 1. The molecule has 1 aromatic heterocycles. The first-order valence-corrected chi connectivity index (χ1v) is 6.77. The molecule has 1 amide bonds. The summed E-state index contributed by atoms with van der Waals surface area (Å²) in [5.41, 5.74) is 6.17. The van der Waals surface area contributed by atoms with Crippen LogP contribution < -0.4 is 10.5 Å². The fourth-order valence-corrected chi connectivity index (χ4v) is 1.80. The number of nitrogens with two attached hydrogens (primary N) is 1. The molecule has 0 aliphatic heterocycles. The number of nitrogens with zero attached hydrogens (tertiary/aromatic N) is 2. The number of carbonyl (C=O) groups is 1. The lowest BCUT2D eigenvalue weighted by atomic mass is 10.1. The topological polar surface area (TPSA) is 68.5 Å². The Kier molecular flexibility index (Phi) is 4.90. The Morgan fingerprint density at radius 1 is 1.29 bits per heavy atom. The van der Waals surface area contributed by atoms with Crippen molar-refractivity contribution in [2.24, 2.45) is 5.73 Å². The van der Waals surface area contributed by atoms with Gasteiger partial charge in [0.25, 0.3) is 5.91 Å². The van der Waals surface area contributed by atoms with Crippen LogP contribution in [0.1, 0.15) is 17.3 Å². The van der Waals surface area contributed by atoms with Gasteiger partial charge in [0.1, 0.15) is 11.5 Å². The second-order valence-corrected chi connectivity index (χ2v) is 4.81. The van der Waals surface area contributed by atoms with Crippen LogP contribution in [0.15, 0.2) is 48.8 Å². The van der Waals surface area contributed by atoms with E-state index in [0.717, 1.165) is 0 Å². The van der Waals surface area contributed by atoms with Crippen molar-refractivity contribution in [2.45, 2.75) is 13.0 Å². The molecule has 2 rings (SSSR count). The van der Waals surface area contributed by atoms with Gasteiger partial charge in [0.2, 0.25) is 0 Å². The van der Waals surface area contributed by atoms with Gasteiger partial charge in [-0.3, -0.25) is 9.78 Å². The number of rotatable bonds is 5. The van der Waals surface area contributed by atoms with Crippen molar-refractivity contribution in [3.05, 3.63) is 54.4 Å². The Morgan fingerprint density at radius 3 is 2.67 bits per heavy atom. The fraction of sp³-hybridized carbons (Fsp3) is 0.250. The quantitative estimate of drug-likeness (QED) is 0.915. The van der Waals surface area contributed by atoms with Crippen LogP contribution in [0.5, 0.6) is 11.5 Å². The second kappa shape index (κ2) is 6.85. The molecule has 2 N–H and O–H groups in total. The molecule has 0 spiro atoms. The maximum Gasteiger partial charge on any atom is 0.254 e. The predicted molar refractivity (Wildman–Crippen MR) is 81.4 cm³/mol. The number of benzene rings is 1. The highest BCUT2D eigenvalue weighted by atomic mass is 16.5. The Bertz CT molecular complexity index is 601. The smallest absolute Gasteiger partial charge is 0.254 e. The van der Waals surface area contributed by atoms with E-state index in [-0.39, 0.29) is 11.9 Å². The van der Waals surface area contributed by atoms with Gasteiger partial charge in [0.15, 0.2) is 0 Å². The summed E-state index contributed by atoms with van der Waals surface area (Å²) in [7, 11) is 1.75. The Balaban J connectivity index is 2.16. The Hall–Kier alpha value is -2.40. The molecule has 0 saturated carbocycles. The summed E-state index contributed by atoms with van der Waals surface area (Å²) in [6, 6.07) is 10.6. The van der Waals surface area contributed by atoms with Crippen LogP contribution >= 0.6 is 0 Å². The zero-order valence-electron chi connectivity index (χ0n) is 12.2. The lowest BCUT2D eigenvalue weighted by Gasteiger charge is -2.23. The molecule has 1 heterocycles. The normalized spacial score (nSPS) is 11.8. The molecular formula is C16H19N3O2. The van der Waals surface area contributed by atoms with E-state index in [9.17, 15) is 4.79 Å². The maximum atomic E-state index is 12.4. The highest BCUT2D eigenvalue weighted by Gasteiger charge is 2.16. The molecule has 1 atom stereocenters. The number of hydrogen-bond acceptors (Lipinski definition) is 4. The van der Waals surface area contributed by atoms with Gasteiger partial charge in [-0.15, -0.1) is 0 Å². The van der Waals surface area contributed by atoms with Crippen LogP contribution in [0.25, 0.3) is 0 Å². The molecule has 21 heavy (non-hydrogen) atoms. The van der Waals surface area contributed by atoms with Crippen molar-refractivity contribution in [2.75, 3.05) is 13.6 Å². The van der Waals surface area contributed by atoms with E-state index in [1.54, 1.807) is 54.7 Å². The largest absolute Gasteiger partial charge is 0.457 e. The molecule has 0 bridgehead atoms. The third kappa shape index (κ3) is 3.79. The summed E-state index contributed by atoms with van der Waals surface area (Å²) in [5.74, 6) is 1.22. The van der Waals surface area contributed by atoms with Gasteiger partial charge in [-0.1, -0.05) is 6.07 Å². The van der Waals surface area contributed by atoms with Gasteiger partial charge in [0.05, 0.1) is 0 Å². The van der Waals surface area contributed by atoms with Crippen LogP contribution in [0.4, 0.5) is 0 Å². The van der Waals surface area contributed by atoms with Gasteiger partial charge in [-0.25, -0.2) is 0 Å². The monoisotopic (exact) mass is 285 g/mol. The zero-order chi connectivity index (χ0) is 15.2. The van der Waals surface area contributed by atoms with E-state index >= 15 is 0 Å². The summed E-state index contributed by atoms with van der Waals surface area (Å²) >= 11 is 0. The maximum absolute atomic E-state index is 12.4. The number of aromatic nitrogens is 1. The molecule has 5 heteroatoms. The van der Waals surface area contributed by atoms with Crippen molar-refractivity contribution >= 4 is 5.91 Å². The number of carbonyl (C=O) groups excluding carboxylic acids is 1. The molecule has 0 aliphatic carbocycles. The third-order valence-corrected chi connectivity index (χ3v) is 3.29. The number of ether oxygens (including phenoxy) is 1. The lowest BCUT2D eigenvalue weighted by Crippen LogP contribution is -2.39. The van der Waals surface area contributed by atoms with Gasteiger partial charge in [0, 0.05) is 37.6 Å². The minimum Gasteiger partial charge on any atom is -0.457 e. The van der Waals surface area contributed by atoms with Crippen LogP contribution in [-0.2, 0) is 0 Å². The first-order chi connectivity index (χ1) is 10.1. The van der Waals surface area contributed by atoms with Crippen LogP contribution in [0.2, 0.25) is 0 Å². The lowest BCUT2D eigenvalue weighted by molar-refractivity contribution is 0.0748. The average molecular weight is 285 g/mol. The standard InChI is InChI=1S/C16H19N3O2/c1-12(11-17)19(2)16(20)13-4-3-5-15(10-13)21-14-6-8-18-9-7-14/h3-10,12H,11,17H2,1-2H3. The summed E-state index contributed by atoms with van der Waals surface area (Å²) in [5, 5.41) is 0. The van der Waals surface area contributed by atoms with Gasteiger partial charge in [-0.2, -0.15) is 0 Å². The molecule has 0 fully saturated rings. The van der Waals surface area contributed by atoms with E-state index in [4.69, 9.17) is 10.5 Å². The molecule has 110 valence electrons.